The van der Waals surface area contributed by atoms with Crippen molar-refractivity contribution in [3.05, 3.63) is 0 Å². The maximum absolute atomic E-state index is 12.1. The summed E-state index contributed by atoms with van der Waals surface area (Å²) in [5.74, 6) is -0.581. The molecule has 132 valence electrons. The van der Waals surface area contributed by atoms with Crippen molar-refractivity contribution in [2.24, 2.45) is 11.8 Å². The first kappa shape index (κ1) is 20.1. The smallest absolute Gasteiger partial charge is 0.233 e. The molecule has 2 N–H and O–H groups in total. The summed E-state index contributed by atoms with van der Waals surface area (Å²) in [5, 5.41) is 2.76. The van der Waals surface area contributed by atoms with Gasteiger partial charge in [0.1, 0.15) is 0 Å². The number of imide groups is 1. The van der Waals surface area contributed by atoms with Gasteiger partial charge in [0, 0.05) is 42.9 Å². The minimum atomic E-state index is -0.459. The average Bonchev–Trinajstić information content (AvgIpc) is 2.79. The number of amides is 3. The van der Waals surface area contributed by atoms with E-state index in [-0.39, 0.29) is 48.9 Å². The molecule has 1 unspecified atom stereocenters. The van der Waals surface area contributed by atoms with Gasteiger partial charge < -0.3 is 10.1 Å². The van der Waals surface area contributed by atoms with Gasteiger partial charge in [-0.2, -0.15) is 0 Å². The molecule has 0 aliphatic carbocycles. The second-order valence-corrected chi connectivity index (χ2v) is 7.67. The summed E-state index contributed by atoms with van der Waals surface area (Å²) in [7, 11) is 0. The molecule has 1 fully saturated rings. The maximum atomic E-state index is 12.1. The van der Waals surface area contributed by atoms with Crippen LogP contribution in [-0.2, 0) is 19.1 Å². The predicted octanol–water partition coefficient (Wildman–Crippen LogP) is 1.66. The second-order valence-electron chi connectivity index (χ2n) is 5.83. The molecule has 1 heterocycles. The fourth-order valence-corrected chi connectivity index (χ4v) is 2.90. The molecule has 0 aromatic heterocycles. The van der Waals surface area contributed by atoms with Crippen LogP contribution in [0, 0.1) is 15.4 Å². The molecular formula is C15H26IN3O4. The molecular weight excluding hydrogens is 413 g/mol. The summed E-state index contributed by atoms with van der Waals surface area (Å²) in [6.45, 7) is 5.74. The zero-order valence-corrected chi connectivity index (χ0v) is 15.9. The van der Waals surface area contributed by atoms with Crippen LogP contribution in [0.3, 0.4) is 0 Å². The van der Waals surface area contributed by atoms with E-state index < -0.39 is 21.0 Å². The van der Waals surface area contributed by atoms with Gasteiger partial charge in [-0.3, -0.25) is 22.8 Å². The van der Waals surface area contributed by atoms with Crippen LogP contribution in [0.15, 0.2) is 0 Å². The van der Waals surface area contributed by atoms with Crippen molar-refractivity contribution in [3.8, 4) is 0 Å². The van der Waals surface area contributed by atoms with Crippen LogP contribution < -0.4 is 5.32 Å². The summed E-state index contributed by atoms with van der Waals surface area (Å²) >= 11 is -0.459. The van der Waals surface area contributed by atoms with Crippen LogP contribution in [0.2, 0.25) is 0 Å². The lowest BCUT2D eigenvalue weighted by Crippen LogP contribution is -2.36. The third-order valence-corrected chi connectivity index (χ3v) is 4.73. The van der Waals surface area contributed by atoms with E-state index in [4.69, 9.17) is 8.30 Å². The summed E-state index contributed by atoms with van der Waals surface area (Å²) in [6.07, 6.45) is 1.13. The van der Waals surface area contributed by atoms with E-state index in [1.807, 2.05) is 13.8 Å². The molecule has 0 aromatic carbocycles. The normalized spacial score (nSPS) is 18.0. The van der Waals surface area contributed by atoms with Crippen molar-refractivity contribution in [2.45, 2.75) is 33.1 Å². The predicted molar refractivity (Wildman–Crippen MR) is 94.3 cm³/mol. The minimum absolute atomic E-state index is 0.141. The van der Waals surface area contributed by atoms with Crippen LogP contribution in [0.25, 0.3) is 0 Å². The highest BCUT2D eigenvalue weighted by molar-refractivity contribution is 14.1. The molecule has 8 heteroatoms. The van der Waals surface area contributed by atoms with E-state index in [0.717, 1.165) is 10.8 Å². The highest BCUT2D eigenvalue weighted by Gasteiger charge is 2.39. The number of nitrogens with one attached hydrogen (secondary N) is 2. The Morgan fingerprint density at radius 2 is 2.17 bits per heavy atom. The number of carbonyl (C=O) groups excluding carboxylic acids is 3. The Balaban J connectivity index is 2.17. The molecule has 1 rings (SSSR count). The Kier molecular flexibility index (Phi) is 9.46. The first-order chi connectivity index (χ1) is 11.0. The van der Waals surface area contributed by atoms with Gasteiger partial charge in [0.25, 0.3) is 0 Å². The van der Waals surface area contributed by atoms with Crippen molar-refractivity contribution < 1.29 is 19.1 Å². The van der Waals surface area contributed by atoms with Gasteiger partial charge in [-0.1, -0.05) is 13.8 Å². The SMILES string of the molecule is CC(C)C1CC(=O)N(CCC(=O)NCCCOCCI=N)C1=O. The number of ether oxygens (including phenoxy) is 1. The largest absolute Gasteiger partial charge is 0.381 e. The van der Waals surface area contributed by atoms with E-state index in [0.29, 0.717) is 19.8 Å². The van der Waals surface area contributed by atoms with Gasteiger partial charge in [-0.25, -0.2) is 0 Å². The van der Waals surface area contributed by atoms with E-state index in [1.54, 1.807) is 0 Å². The minimum Gasteiger partial charge on any atom is -0.381 e. The summed E-state index contributed by atoms with van der Waals surface area (Å²) in [4.78, 5) is 36.9. The van der Waals surface area contributed by atoms with Gasteiger partial charge in [0.05, 0.1) is 6.61 Å². The lowest BCUT2D eigenvalue weighted by atomic mass is 9.94. The quantitative estimate of drug-likeness (QED) is 0.221. The van der Waals surface area contributed by atoms with E-state index in [1.165, 1.54) is 4.90 Å². The summed E-state index contributed by atoms with van der Waals surface area (Å²) in [6, 6.07) is 0. The highest BCUT2D eigenvalue weighted by atomic mass is 127. The molecule has 0 saturated carbocycles. The highest BCUT2D eigenvalue weighted by Crippen LogP contribution is 2.26. The lowest BCUT2D eigenvalue weighted by Gasteiger charge is -2.16. The lowest BCUT2D eigenvalue weighted by molar-refractivity contribution is -0.140. The monoisotopic (exact) mass is 439 g/mol. The number of nitrogens with zero attached hydrogens (tertiary/aromatic N) is 1. The van der Waals surface area contributed by atoms with Crippen molar-refractivity contribution in [2.75, 3.05) is 30.7 Å². The number of carbonyl (C=O) groups is 3. The molecule has 1 aliphatic rings. The summed E-state index contributed by atoms with van der Waals surface area (Å²) < 4.78 is 13.2. The van der Waals surface area contributed by atoms with Gasteiger partial charge in [-0.05, 0) is 33.4 Å². The van der Waals surface area contributed by atoms with Crippen LogP contribution in [0.1, 0.15) is 33.1 Å². The van der Waals surface area contributed by atoms with Crippen LogP contribution in [0.4, 0.5) is 0 Å². The molecule has 1 saturated heterocycles. The number of halogens is 1. The molecule has 0 spiro atoms. The molecule has 1 aliphatic heterocycles. The molecule has 3 amide bonds. The number of likely N-dealkylation sites (tertiary alicyclic amines) is 1. The van der Waals surface area contributed by atoms with Crippen LogP contribution >= 0.6 is 21.0 Å². The van der Waals surface area contributed by atoms with Crippen LogP contribution in [0.5, 0.6) is 0 Å². The zero-order chi connectivity index (χ0) is 17.2. The van der Waals surface area contributed by atoms with Gasteiger partial charge >= 0.3 is 0 Å². The Bertz CT molecular complexity index is 442. The average molecular weight is 439 g/mol. The molecule has 0 radical (unpaired) electrons. The van der Waals surface area contributed by atoms with E-state index in [2.05, 4.69) is 5.32 Å². The molecule has 0 aromatic rings. The van der Waals surface area contributed by atoms with Crippen molar-refractivity contribution in [1.29, 1.82) is 3.56 Å². The maximum Gasteiger partial charge on any atom is 0.233 e. The molecule has 0 bridgehead atoms. The first-order valence-corrected chi connectivity index (χ1v) is 10.5. The number of alkyl halides is 1. The third kappa shape index (κ3) is 7.03. The standard InChI is InChI=1S/C15H26IN3O4/c1-11(2)12-10-14(21)19(15(12)22)7-4-13(20)18-6-3-8-23-9-5-16-17/h11-12,17H,3-10H2,1-2H3,(H,18,20). The Morgan fingerprint density at radius 3 is 2.78 bits per heavy atom. The number of rotatable bonds is 11. The molecule has 23 heavy (non-hydrogen) atoms. The van der Waals surface area contributed by atoms with E-state index in [9.17, 15) is 14.4 Å². The fourth-order valence-electron chi connectivity index (χ4n) is 2.36. The Labute approximate surface area is 147 Å². The Morgan fingerprint density at radius 1 is 1.43 bits per heavy atom. The Hall–Kier alpha value is -0.900. The van der Waals surface area contributed by atoms with Crippen molar-refractivity contribution >= 4 is 38.8 Å². The topological polar surface area (TPSA) is 99.6 Å². The number of hydrogen-bond acceptors (Lipinski definition) is 5. The van der Waals surface area contributed by atoms with Gasteiger partial charge in [0.2, 0.25) is 17.7 Å². The van der Waals surface area contributed by atoms with Crippen molar-refractivity contribution in [1.82, 2.24) is 10.2 Å². The van der Waals surface area contributed by atoms with Crippen LogP contribution in [-0.4, -0.2) is 53.4 Å². The summed E-state index contributed by atoms with van der Waals surface area (Å²) in [5.41, 5.74) is 0. The van der Waals surface area contributed by atoms with Gasteiger partial charge in [-0.15, -0.1) is 0 Å². The van der Waals surface area contributed by atoms with Crippen molar-refractivity contribution in [3.63, 3.8) is 0 Å². The number of hydrogen-bond donors (Lipinski definition) is 2. The fraction of sp³-hybridized carbons (Fsp3) is 0.800. The van der Waals surface area contributed by atoms with E-state index >= 15 is 0 Å². The second kappa shape index (κ2) is 10.8. The van der Waals surface area contributed by atoms with Gasteiger partial charge in [0.15, 0.2) is 0 Å². The molecule has 1 atom stereocenters. The zero-order valence-electron chi connectivity index (χ0n) is 13.8. The third-order valence-electron chi connectivity index (χ3n) is 3.75. The first-order valence-electron chi connectivity index (χ1n) is 7.91. The molecule has 7 nitrogen and oxygen atoms in total.